The van der Waals surface area contributed by atoms with E-state index in [1.165, 1.54) is 6.42 Å². The molecule has 2 aliphatic rings. The van der Waals surface area contributed by atoms with E-state index in [1.54, 1.807) is 0 Å². The van der Waals surface area contributed by atoms with E-state index in [4.69, 9.17) is 0 Å². The number of benzene rings is 1. The van der Waals surface area contributed by atoms with Gasteiger partial charge in [0.1, 0.15) is 0 Å². The molecule has 0 unspecified atom stereocenters. The summed E-state index contributed by atoms with van der Waals surface area (Å²) in [5.74, 6) is 0.451. The third-order valence-corrected chi connectivity index (χ3v) is 5.60. The number of nitrogens with zero attached hydrogens (tertiary/aromatic N) is 3. The average Bonchev–Trinajstić information content (AvgIpc) is 2.71. The zero-order chi connectivity index (χ0) is 18.4. The van der Waals surface area contributed by atoms with Gasteiger partial charge in [-0.05, 0) is 44.2 Å². The molecule has 2 amide bonds. The Morgan fingerprint density at radius 2 is 1.65 bits per heavy atom. The van der Waals surface area contributed by atoms with Crippen molar-refractivity contribution in [1.82, 2.24) is 9.80 Å². The van der Waals surface area contributed by atoms with Crippen molar-refractivity contribution in [3.63, 3.8) is 0 Å². The maximum atomic E-state index is 12.5. The number of hydrogen-bond donors (Lipinski definition) is 0. The first-order valence-electron chi connectivity index (χ1n) is 10.1. The number of amides is 2. The minimum absolute atomic E-state index is 0.180. The van der Waals surface area contributed by atoms with Crippen molar-refractivity contribution in [3.8, 4) is 0 Å². The van der Waals surface area contributed by atoms with Gasteiger partial charge >= 0.3 is 0 Å². The minimum Gasteiger partial charge on any atom is -0.342 e. The second-order valence-electron chi connectivity index (χ2n) is 7.40. The van der Waals surface area contributed by atoms with Crippen molar-refractivity contribution in [2.45, 2.75) is 51.5 Å². The molecule has 0 N–H and O–H groups in total. The molecule has 26 heavy (non-hydrogen) atoms. The smallest absolute Gasteiger partial charge is 0.236 e. The van der Waals surface area contributed by atoms with E-state index in [0.717, 1.165) is 57.5 Å². The van der Waals surface area contributed by atoms with Gasteiger partial charge < -0.3 is 9.80 Å². The van der Waals surface area contributed by atoms with Crippen LogP contribution in [0.3, 0.4) is 0 Å². The minimum atomic E-state index is 0.180. The van der Waals surface area contributed by atoms with Crippen molar-refractivity contribution < 1.29 is 9.59 Å². The molecular formula is C21H31N3O2. The third-order valence-electron chi connectivity index (χ3n) is 5.60. The van der Waals surface area contributed by atoms with Gasteiger partial charge in [-0.1, -0.05) is 25.1 Å². The van der Waals surface area contributed by atoms with E-state index in [2.05, 4.69) is 4.90 Å². The predicted octanol–water partition coefficient (Wildman–Crippen LogP) is 2.91. The van der Waals surface area contributed by atoms with E-state index >= 15 is 0 Å². The summed E-state index contributed by atoms with van der Waals surface area (Å²) in [6, 6.07) is 10.2. The van der Waals surface area contributed by atoms with Gasteiger partial charge in [-0.15, -0.1) is 0 Å². The molecule has 2 heterocycles. The lowest BCUT2D eigenvalue weighted by Crippen LogP contribution is -2.50. The molecule has 5 nitrogen and oxygen atoms in total. The SMILES string of the molecule is CCC(=O)N(c1ccccc1)C1CCN(CC(=O)N2CCCCC2)CC1. The molecule has 1 aromatic carbocycles. The Balaban J connectivity index is 1.56. The largest absolute Gasteiger partial charge is 0.342 e. The fourth-order valence-corrected chi connectivity index (χ4v) is 4.09. The summed E-state index contributed by atoms with van der Waals surface area (Å²) in [6.45, 7) is 6.05. The molecule has 5 heteroatoms. The number of carbonyl (C=O) groups is 2. The van der Waals surface area contributed by atoms with E-state index in [-0.39, 0.29) is 17.9 Å². The highest BCUT2D eigenvalue weighted by molar-refractivity contribution is 5.93. The summed E-state index contributed by atoms with van der Waals surface area (Å²) in [5.41, 5.74) is 0.988. The summed E-state index contributed by atoms with van der Waals surface area (Å²) in [6.07, 6.45) is 5.89. The molecule has 2 saturated heterocycles. The molecule has 1 aromatic rings. The highest BCUT2D eigenvalue weighted by Crippen LogP contribution is 2.24. The highest BCUT2D eigenvalue weighted by Gasteiger charge is 2.29. The normalized spacial score (nSPS) is 19.3. The number of piperidine rings is 2. The summed E-state index contributed by atoms with van der Waals surface area (Å²) >= 11 is 0. The number of likely N-dealkylation sites (tertiary alicyclic amines) is 2. The maximum Gasteiger partial charge on any atom is 0.236 e. The first kappa shape index (κ1) is 18.9. The van der Waals surface area contributed by atoms with Crippen LogP contribution < -0.4 is 4.90 Å². The van der Waals surface area contributed by atoms with Crippen LogP contribution in [0.5, 0.6) is 0 Å². The highest BCUT2D eigenvalue weighted by atomic mass is 16.2. The fraction of sp³-hybridized carbons (Fsp3) is 0.619. The summed E-state index contributed by atoms with van der Waals surface area (Å²) in [5, 5.41) is 0. The van der Waals surface area contributed by atoms with E-state index in [9.17, 15) is 9.59 Å². The molecule has 0 aromatic heterocycles. The molecule has 2 fully saturated rings. The number of rotatable bonds is 5. The van der Waals surface area contributed by atoms with Crippen LogP contribution in [-0.2, 0) is 9.59 Å². The van der Waals surface area contributed by atoms with Gasteiger partial charge in [0.25, 0.3) is 0 Å². The van der Waals surface area contributed by atoms with Crippen LogP contribution in [0.25, 0.3) is 0 Å². The number of carbonyl (C=O) groups excluding carboxylic acids is 2. The molecule has 0 spiro atoms. The van der Waals surface area contributed by atoms with Crippen LogP contribution in [0, 0.1) is 0 Å². The molecular weight excluding hydrogens is 326 g/mol. The Labute approximate surface area is 156 Å². The first-order chi connectivity index (χ1) is 12.7. The Kier molecular flexibility index (Phi) is 6.67. The van der Waals surface area contributed by atoms with Crippen molar-refractivity contribution >= 4 is 17.5 Å². The molecule has 0 atom stereocenters. The first-order valence-corrected chi connectivity index (χ1v) is 10.1. The lowest BCUT2D eigenvalue weighted by molar-refractivity contribution is -0.133. The van der Waals surface area contributed by atoms with Gasteiger partial charge in [0, 0.05) is 44.3 Å². The van der Waals surface area contributed by atoms with Crippen LogP contribution >= 0.6 is 0 Å². The number of anilines is 1. The van der Waals surface area contributed by atoms with Crippen LogP contribution in [0.4, 0.5) is 5.69 Å². The van der Waals surface area contributed by atoms with Gasteiger partial charge in [0.2, 0.25) is 11.8 Å². The topological polar surface area (TPSA) is 43.9 Å². The predicted molar refractivity (Wildman–Crippen MR) is 104 cm³/mol. The van der Waals surface area contributed by atoms with Crippen molar-refractivity contribution in [2.24, 2.45) is 0 Å². The van der Waals surface area contributed by atoms with Crippen LogP contribution in [0.15, 0.2) is 30.3 Å². The zero-order valence-corrected chi connectivity index (χ0v) is 15.9. The Morgan fingerprint density at radius 3 is 2.27 bits per heavy atom. The molecule has 0 saturated carbocycles. The zero-order valence-electron chi connectivity index (χ0n) is 15.9. The van der Waals surface area contributed by atoms with Gasteiger partial charge in [0.15, 0.2) is 0 Å². The molecule has 142 valence electrons. The Bertz CT molecular complexity index is 591. The Morgan fingerprint density at radius 1 is 1.00 bits per heavy atom. The van der Waals surface area contributed by atoms with Gasteiger partial charge in [-0.3, -0.25) is 14.5 Å². The molecule has 3 rings (SSSR count). The van der Waals surface area contributed by atoms with Gasteiger partial charge in [0.05, 0.1) is 6.54 Å². The summed E-state index contributed by atoms with van der Waals surface area (Å²) in [4.78, 5) is 31.3. The number of para-hydroxylation sites is 1. The molecule has 0 bridgehead atoms. The summed E-state index contributed by atoms with van der Waals surface area (Å²) in [7, 11) is 0. The Hall–Kier alpha value is -1.88. The van der Waals surface area contributed by atoms with E-state index in [0.29, 0.717) is 13.0 Å². The molecule has 0 radical (unpaired) electrons. The summed E-state index contributed by atoms with van der Waals surface area (Å²) < 4.78 is 0. The van der Waals surface area contributed by atoms with E-state index < -0.39 is 0 Å². The van der Waals surface area contributed by atoms with E-state index in [1.807, 2.05) is 47.1 Å². The third kappa shape index (κ3) is 4.64. The van der Waals surface area contributed by atoms with Crippen molar-refractivity contribution in [3.05, 3.63) is 30.3 Å². The van der Waals surface area contributed by atoms with Gasteiger partial charge in [-0.25, -0.2) is 0 Å². The average molecular weight is 357 g/mol. The fourth-order valence-electron chi connectivity index (χ4n) is 4.09. The number of hydrogen-bond acceptors (Lipinski definition) is 3. The second-order valence-corrected chi connectivity index (χ2v) is 7.40. The van der Waals surface area contributed by atoms with Crippen LogP contribution in [-0.4, -0.2) is 60.4 Å². The lowest BCUT2D eigenvalue weighted by atomic mass is 10.0. The maximum absolute atomic E-state index is 12.5. The van der Waals surface area contributed by atoms with Crippen molar-refractivity contribution in [2.75, 3.05) is 37.6 Å². The standard InChI is InChI=1S/C21H31N3O2/c1-2-20(25)24(18-9-5-3-6-10-18)19-11-15-22(16-12-19)17-21(26)23-13-7-4-8-14-23/h3,5-6,9-10,19H,2,4,7-8,11-17H2,1H3. The molecule has 2 aliphatic heterocycles. The lowest BCUT2D eigenvalue weighted by Gasteiger charge is -2.39. The van der Waals surface area contributed by atoms with Gasteiger partial charge in [-0.2, -0.15) is 0 Å². The van der Waals surface area contributed by atoms with Crippen molar-refractivity contribution in [1.29, 1.82) is 0 Å². The second kappa shape index (κ2) is 9.17. The monoisotopic (exact) mass is 357 g/mol. The quantitative estimate of drug-likeness (QED) is 0.814. The van der Waals surface area contributed by atoms with Crippen LogP contribution in [0.2, 0.25) is 0 Å². The molecule has 0 aliphatic carbocycles. The van der Waals surface area contributed by atoms with Crippen LogP contribution in [0.1, 0.15) is 45.4 Å².